The Balaban J connectivity index is 1.74. The zero-order valence-corrected chi connectivity index (χ0v) is 15.8. The predicted molar refractivity (Wildman–Crippen MR) is 110 cm³/mol. The topological polar surface area (TPSA) is 86.7 Å². The van der Waals surface area contributed by atoms with Crippen LogP contribution < -0.4 is 10.2 Å². The van der Waals surface area contributed by atoms with Gasteiger partial charge in [0, 0.05) is 5.02 Å². The van der Waals surface area contributed by atoms with Crippen molar-refractivity contribution < 1.29 is 19.5 Å². The van der Waals surface area contributed by atoms with Gasteiger partial charge in [-0.3, -0.25) is 9.59 Å². The number of ketones is 1. The van der Waals surface area contributed by atoms with Gasteiger partial charge in [0.1, 0.15) is 0 Å². The molecule has 0 aromatic heterocycles. The molecule has 0 fully saturated rings. The molecule has 0 radical (unpaired) electrons. The molecule has 1 heterocycles. The van der Waals surface area contributed by atoms with Gasteiger partial charge in [-0.25, -0.2) is 4.79 Å². The summed E-state index contributed by atoms with van der Waals surface area (Å²) >= 11 is 5.90. The second-order valence-electron chi connectivity index (χ2n) is 6.53. The summed E-state index contributed by atoms with van der Waals surface area (Å²) in [4.78, 5) is 38.3. The lowest BCUT2D eigenvalue weighted by Crippen LogP contribution is -2.29. The van der Waals surface area contributed by atoms with Gasteiger partial charge in [0.15, 0.2) is 0 Å². The highest BCUT2D eigenvalue weighted by atomic mass is 35.5. The largest absolute Gasteiger partial charge is 0.478 e. The quantitative estimate of drug-likeness (QED) is 0.609. The second kappa shape index (κ2) is 7.41. The van der Waals surface area contributed by atoms with Gasteiger partial charge in [-0.05, 0) is 35.9 Å². The number of carbonyl (C=O) groups is 3. The summed E-state index contributed by atoms with van der Waals surface area (Å²) in [6.45, 7) is 0.267. The van der Waals surface area contributed by atoms with Crippen molar-refractivity contribution >= 4 is 46.3 Å². The summed E-state index contributed by atoms with van der Waals surface area (Å²) in [6.07, 6.45) is 0. The fraction of sp³-hybridized carbons (Fsp3) is 0.0455. The molecule has 144 valence electrons. The molecule has 1 amide bonds. The molecule has 2 N–H and O–H groups in total. The lowest BCUT2D eigenvalue weighted by Gasteiger charge is -2.17. The zero-order chi connectivity index (χ0) is 20.5. The van der Waals surface area contributed by atoms with Crippen molar-refractivity contribution in [1.82, 2.24) is 0 Å². The average molecular weight is 407 g/mol. The molecule has 0 aliphatic carbocycles. The Bertz CT molecular complexity index is 1140. The van der Waals surface area contributed by atoms with Crippen molar-refractivity contribution in [2.45, 2.75) is 6.54 Å². The number of carboxylic acid groups (broad SMARTS) is 1. The molecule has 29 heavy (non-hydrogen) atoms. The number of anilines is 3. The van der Waals surface area contributed by atoms with E-state index >= 15 is 0 Å². The number of amides is 1. The Morgan fingerprint density at radius 3 is 2.45 bits per heavy atom. The highest BCUT2D eigenvalue weighted by Gasteiger charge is 2.37. The summed E-state index contributed by atoms with van der Waals surface area (Å²) in [5.74, 6) is -2.41. The number of hydrogen-bond acceptors (Lipinski definition) is 4. The first-order chi connectivity index (χ1) is 14.0. The number of aromatic carboxylic acids is 1. The van der Waals surface area contributed by atoms with Crippen LogP contribution in [0.4, 0.5) is 17.1 Å². The maximum atomic E-state index is 12.7. The maximum absolute atomic E-state index is 12.7. The molecule has 7 heteroatoms. The molecule has 1 aliphatic rings. The van der Waals surface area contributed by atoms with Crippen LogP contribution in [-0.4, -0.2) is 22.8 Å². The van der Waals surface area contributed by atoms with Gasteiger partial charge in [-0.1, -0.05) is 48.0 Å². The minimum atomic E-state index is -1.16. The number of halogens is 1. The third kappa shape index (κ3) is 3.46. The molecule has 6 nitrogen and oxygen atoms in total. The van der Waals surface area contributed by atoms with Crippen molar-refractivity contribution in [2.75, 3.05) is 10.2 Å². The van der Waals surface area contributed by atoms with Crippen LogP contribution in [0.5, 0.6) is 0 Å². The van der Waals surface area contributed by atoms with Gasteiger partial charge in [0.2, 0.25) is 0 Å². The molecule has 0 saturated heterocycles. The van der Waals surface area contributed by atoms with Crippen LogP contribution in [0.2, 0.25) is 5.02 Å². The average Bonchev–Trinajstić information content (AvgIpc) is 2.95. The highest BCUT2D eigenvalue weighted by Crippen LogP contribution is 2.37. The first-order valence-electron chi connectivity index (χ1n) is 8.78. The SMILES string of the molecule is O=C(O)c1cc(Cl)ccc1Nc1cccc2c1C(=O)C(=O)N2Cc1ccccc1. The molecule has 0 bridgehead atoms. The zero-order valence-electron chi connectivity index (χ0n) is 15.1. The Morgan fingerprint density at radius 1 is 0.966 bits per heavy atom. The van der Waals surface area contributed by atoms with Crippen LogP contribution in [0.25, 0.3) is 0 Å². The van der Waals surface area contributed by atoms with Crippen LogP contribution in [0.1, 0.15) is 26.3 Å². The maximum Gasteiger partial charge on any atom is 0.337 e. The van der Waals surface area contributed by atoms with Crippen LogP contribution >= 0.6 is 11.6 Å². The summed E-state index contributed by atoms with van der Waals surface area (Å²) in [7, 11) is 0. The minimum Gasteiger partial charge on any atom is -0.478 e. The molecule has 0 atom stereocenters. The van der Waals surface area contributed by atoms with Crippen LogP contribution in [0.3, 0.4) is 0 Å². The number of carboxylic acids is 1. The van der Waals surface area contributed by atoms with E-state index in [4.69, 9.17) is 11.6 Å². The van der Waals surface area contributed by atoms with Gasteiger partial charge >= 0.3 is 5.97 Å². The fourth-order valence-electron chi connectivity index (χ4n) is 3.32. The minimum absolute atomic E-state index is 0.0342. The van der Waals surface area contributed by atoms with E-state index in [9.17, 15) is 19.5 Å². The summed E-state index contributed by atoms with van der Waals surface area (Å²) in [5, 5.41) is 12.7. The molecular weight excluding hydrogens is 392 g/mol. The van der Waals surface area contributed by atoms with E-state index in [-0.39, 0.29) is 28.4 Å². The van der Waals surface area contributed by atoms with E-state index in [1.807, 2.05) is 30.3 Å². The van der Waals surface area contributed by atoms with E-state index in [1.54, 1.807) is 24.3 Å². The van der Waals surface area contributed by atoms with Crippen LogP contribution in [0.15, 0.2) is 66.7 Å². The third-order valence-corrected chi connectivity index (χ3v) is 4.90. The smallest absolute Gasteiger partial charge is 0.337 e. The second-order valence-corrected chi connectivity index (χ2v) is 6.96. The monoisotopic (exact) mass is 406 g/mol. The number of nitrogens with zero attached hydrogens (tertiary/aromatic N) is 1. The Labute approximate surface area is 171 Å². The summed E-state index contributed by atoms with van der Waals surface area (Å²) in [6, 6.07) is 18.8. The third-order valence-electron chi connectivity index (χ3n) is 4.66. The molecule has 0 unspecified atom stereocenters. The molecule has 0 spiro atoms. The number of nitrogens with one attached hydrogen (secondary N) is 1. The standard InChI is InChI=1S/C22H15ClN2O4/c23-14-9-10-16(15(11-14)22(28)29)24-17-7-4-8-18-19(17)20(26)21(27)25(18)12-13-5-2-1-3-6-13/h1-11,24H,12H2,(H,28,29). The molecule has 3 aromatic carbocycles. The first-order valence-corrected chi connectivity index (χ1v) is 9.16. The van der Waals surface area contributed by atoms with Crippen molar-refractivity contribution in [3.8, 4) is 0 Å². The molecule has 4 rings (SSSR count). The summed E-state index contributed by atoms with van der Waals surface area (Å²) in [5.41, 5.74) is 2.21. The van der Waals surface area contributed by atoms with Gasteiger partial charge in [-0.2, -0.15) is 0 Å². The molecular formula is C22H15ClN2O4. The predicted octanol–water partition coefficient (Wildman–Crippen LogP) is 4.51. The number of hydrogen-bond donors (Lipinski definition) is 2. The van der Waals surface area contributed by atoms with Gasteiger partial charge in [0.05, 0.1) is 34.7 Å². The van der Waals surface area contributed by atoms with Crippen molar-refractivity contribution in [2.24, 2.45) is 0 Å². The number of fused-ring (bicyclic) bond motifs is 1. The van der Waals surface area contributed by atoms with E-state index in [1.165, 1.54) is 17.0 Å². The Kier molecular flexibility index (Phi) is 4.78. The lowest BCUT2D eigenvalue weighted by molar-refractivity contribution is -0.114. The fourth-order valence-corrected chi connectivity index (χ4v) is 3.49. The van der Waals surface area contributed by atoms with Gasteiger partial charge < -0.3 is 15.3 Å². The van der Waals surface area contributed by atoms with Gasteiger partial charge in [-0.15, -0.1) is 0 Å². The number of carbonyl (C=O) groups excluding carboxylic acids is 2. The normalized spacial score (nSPS) is 12.8. The Morgan fingerprint density at radius 2 is 1.72 bits per heavy atom. The number of rotatable bonds is 5. The number of Topliss-reactive ketones (excluding diaryl/α,β-unsaturated/α-hetero) is 1. The van der Waals surface area contributed by atoms with Crippen molar-refractivity contribution in [1.29, 1.82) is 0 Å². The van der Waals surface area contributed by atoms with Crippen LogP contribution in [0, 0.1) is 0 Å². The summed E-state index contributed by atoms with van der Waals surface area (Å²) < 4.78 is 0. The van der Waals surface area contributed by atoms with E-state index in [0.717, 1.165) is 5.56 Å². The molecule has 1 aliphatic heterocycles. The van der Waals surface area contributed by atoms with Crippen LogP contribution in [-0.2, 0) is 11.3 Å². The molecule has 0 saturated carbocycles. The first kappa shape index (κ1) is 18.7. The lowest BCUT2D eigenvalue weighted by atomic mass is 10.1. The molecule has 3 aromatic rings. The van der Waals surface area contributed by atoms with Crippen molar-refractivity contribution in [3.63, 3.8) is 0 Å². The van der Waals surface area contributed by atoms with E-state index < -0.39 is 17.7 Å². The Hall–Kier alpha value is -3.64. The van der Waals surface area contributed by atoms with Gasteiger partial charge in [0.25, 0.3) is 11.7 Å². The van der Waals surface area contributed by atoms with Crippen molar-refractivity contribution in [3.05, 3.63) is 88.4 Å². The number of benzene rings is 3. The highest BCUT2D eigenvalue weighted by molar-refractivity contribution is 6.53. The van der Waals surface area contributed by atoms with E-state index in [0.29, 0.717) is 11.4 Å². The van der Waals surface area contributed by atoms with E-state index in [2.05, 4.69) is 5.32 Å².